The zero-order chi connectivity index (χ0) is 10.5. The number of nitrogens with one attached hydrogen (secondary N) is 1. The van der Waals surface area contributed by atoms with Gasteiger partial charge in [0, 0.05) is 25.9 Å². The molecule has 2 aromatic rings. The summed E-state index contributed by atoms with van der Waals surface area (Å²) in [5.41, 5.74) is 0. The fourth-order valence-electron chi connectivity index (χ4n) is 1.24. The van der Waals surface area contributed by atoms with Gasteiger partial charge >= 0.3 is 0 Å². The van der Waals surface area contributed by atoms with Crippen LogP contribution in [0.25, 0.3) is 0 Å². The molecule has 0 aromatic carbocycles. The molecule has 0 aliphatic heterocycles. The van der Waals surface area contributed by atoms with Gasteiger partial charge in [0.15, 0.2) is 5.82 Å². The molecule has 2 aromatic heterocycles. The lowest BCUT2D eigenvalue weighted by Gasteiger charge is -2.01. The van der Waals surface area contributed by atoms with Crippen LogP contribution in [0.1, 0.15) is 11.7 Å². The monoisotopic (exact) mass is 207 g/mol. The first kappa shape index (κ1) is 9.85. The van der Waals surface area contributed by atoms with Crippen LogP contribution in [0.15, 0.2) is 23.0 Å². The summed E-state index contributed by atoms with van der Waals surface area (Å²) in [4.78, 5) is 4.08. The van der Waals surface area contributed by atoms with Gasteiger partial charge in [0.05, 0.1) is 13.1 Å². The molecule has 2 heterocycles. The van der Waals surface area contributed by atoms with Gasteiger partial charge in [0.1, 0.15) is 0 Å². The lowest BCUT2D eigenvalue weighted by atomic mass is 10.5. The number of aryl methyl sites for hydroxylation is 1. The molecule has 15 heavy (non-hydrogen) atoms. The largest absolute Gasteiger partial charge is 0.340 e. The molecule has 2 rings (SSSR count). The Morgan fingerprint density at radius 1 is 1.53 bits per heavy atom. The van der Waals surface area contributed by atoms with Crippen LogP contribution in [0.4, 0.5) is 0 Å². The summed E-state index contributed by atoms with van der Waals surface area (Å²) in [6.07, 6.45) is 3.70. The highest BCUT2D eigenvalue weighted by molar-refractivity contribution is 4.83. The van der Waals surface area contributed by atoms with E-state index in [4.69, 9.17) is 4.52 Å². The van der Waals surface area contributed by atoms with Crippen molar-refractivity contribution in [3.05, 3.63) is 30.2 Å². The normalized spacial score (nSPS) is 10.7. The molecule has 0 bridgehead atoms. The van der Waals surface area contributed by atoms with E-state index in [-0.39, 0.29) is 0 Å². The molecule has 0 atom stereocenters. The Kier molecular flexibility index (Phi) is 3.08. The molecule has 0 amide bonds. The first-order chi connectivity index (χ1) is 7.34. The molecule has 6 heteroatoms. The van der Waals surface area contributed by atoms with Crippen molar-refractivity contribution in [2.24, 2.45) is 0 Å². The van der Waals surface area contributed by atoms with E-state index in [0.717, 1.165) is 13.1 Å². The first-order valence-electron chi connectivity index (χ1n) is 4.82. The van der Waals surface area contributed by atoms with Crippen molar-refractivity contribution < 1.29 is 4.52 Å². The Hall–Kier alpha value is -1.69. The fraction of sp³-hybridized carbons (Fsp3) is 0.444. The Balaban J connectivity index is 1.67. The average molecular weight is 207 g/mol. The van der Waals surface area contributed by atoms with Crippen LogP contribution in [0.2, 0.25) is 0 Å². The van der Waals surface area contributed by atoms with E-state index in [1.165, 1.54) is 0 Å². The Morgan fingerprint density at radius 2 is 2.47 bits per heavy atom. The van der Waals surface area contributed by atoms with E-state index < -0.39 is 0 Å². The van der Waals surface area contributed by atoms with Gasteiger partial charge in [-0.1, -0.05) is 5.16 Å². The Morgan fingerprint density at radius 3 is 3.13 bits per heavy atom. The summed E-state index contributed by atoms with van der Waals surface area (Å²) in [5.74, 6) is 1.28. The molecule has 0 radical (unpaired) electrons. The van der Waals surface area contributed by atoms with Crippen molar-refractivity contribution in [3.8, 4) is 0 Å². The number of rotatable bonds is 5. The summed E-state index contributed by atoms with van der Waals surface area (Å²) in [7, 11) is 0. The third kappa shape index (κ3) is 2.88. The second kappa shape index (κ2) is 4.70. The summed E-state index contributed by atoms with van der Waals surface area (Å²) < 4.78 is 6.72. The van der Waals surface area contributed by atoms with Gasteiger partial charge in [-0.3, -0.25) is 4.68 Å². The van der Waals surface area contributed by atoms with Crippen LogP contribution in [0.5, 0.6) is 0 Å². The maximum atomic E-state index is 4.85. The van der Waals surface area contributed by atoms with E-state index in [0.29, 0.717) is 18.3 Å². The molecule has 0 unspecified atom stereocenters. The smallest absolute Gasteiger partial charge is 0.223 e. The summed E-state index contributed by atoms with van der Waals surface area (Å²) in [5, 5.41) is 11.1. The van der Waals surface area contributed by atoms with Crippen LogP contribution in [0, 0.1) is 6.92 Å². The topological polar surface area (TPSA) is 68.8 Å². The minimum absolute atomic E-state index is 0.596. The lowest BCUT2D eigenvalue weighted by Crippen LogP contribution is -2.20. The number of hydrogen-bond acceptors (Lipinski definition) is 5. The molecular weight excluding hydrogens is 194 g/mol. The SMILES string of the molecule is Cc1nc(CNCCn2cccn2)no1. The highest BCUT2D eigenvalue weighted by atomic mass is 16.5. The molecule has 6 nitrogen and oxygen atoms in total. The summed E-state index contributed by atoms with van der Waals surface area (Å²) in [6.45, 7) is 4.07. The predicted octanol–water partition coefficient (Wildman–Crippen LogP) is 0.364. The Bertz CT molecular complexity index is 394. The fourth-order valence-corrected chi connectivity index (χ4v) is 1.24. The predicted molar refractivity (Wildman–Crippen MR) is 53.0 cm³/mol. The molecule has 0 spiro atoms. The highest BCUT2D eigenvalue weighted by Crippen LogP contribution is 1.93. The van der Waals surface area contributed by atoms with Gasteiger partial charge in [0.25, 0.3) is 0 Å². The second-order valence-corrected chi connectivity index (χ2v) is 3.18. The maximum absolute atomic E-state index is 4.85. The average Bonchev–Trinajstić information content (AvgIpc) is 2.84. The van der Waals surface area contributed by atoms with Gasteiger partial charge in [-0.05, 0) is 6.07 Å². The number of aromatic nitrogens is 4. The van der Waals surface area contributed by atoms with Crippen LogP contribution in [-0.2, 0) is 13.1 Å². The van der Waals surface area contributed by atoms with Crippen molar-refractivity contribution in [2.75, 3.05) is 6.54 Å². The van der Waals surface area contributed by atoms with E-state index in [2.05, 4.69) is 20.6 Å². The third-order valence-electron chi connectivity index (χ3n) is 1.93. The van der Waals surface area contributed by atoms with Crippen molar-refractivity contribution in [1.29, 1.82) is 0 Å². The van der Waals surface area contributed by atoms with Crippen LogP contribution in [0.3, 0.4) is 0 Å². The molecule has 0 aliphatic carbocycles. The van der Waals surface area contributed by atoms with Crippen molar-refractivity contribution in [3.63, 3.8) is 0 Å². The maximum Gasteiger partial charge on any atom is 0.223 e. The first-order valence-corrected chi connectivity index (χ1v) is 4.82. The molecule has 0 aliphatic rings. The van der Waals surface area contributed by atoms with Crippen LogP contribution in [-0.4, -0.2) is 26.5 Å². The molecule has 0 saturated carbocycles. The van der Waals surface area contributed by atoms with Crippen molar-refractivity contribution >= 4 is 0 Å². The standard InChI is InChI=1S/C9H13N5O/c1-8-12-9(13-15-8)7-10-4-6-14-5-2-3-11-14/h2-3,5,10H,4,6-7H2,1H3. The zero-order valence-electron chi connectivity index (χ0n) is 8.55. The zero-order valence-corrected chi connectivity index (χ0v) is 8.55. The highest BCUT2D eigenvalue weighted by Gasteiger charge is 2.00. The van der Waals surface area contributed by atoms with E-state index in [1.807, 2.05) is 16.9 Å². The second-order valence-electron chi connectivity index (χ2n) is 3.18. The lowest BCUT2D eigenvalue weighted by molar-refractivity contribution is 0.385. The van der Waals surface area contributed by atoms with Crippen LogP contribution >= 0.6 is 0 Å². The minimum Gasteiger partial charge on any atom is -0.340 e. The van der Waals surface area contributed by atoms with Crippen molar-refractivity contribution in [2.45, 2.75) is 20.0 Å². The van der Waals surface area contributed by atoms with E-state index in [9.17, 15) is 0 Å². The summed E-state index contributed by atoms with van der Waals surface area (Å²) in [6, 6.07) is 1.91. The van der Waals surface area contributed by atoms with Gasteiger partial charge in [-0.15, -0.1) is 0 Å². The van der Waals surface area contributed by atoms with Gasteiger partial charge in [0.2, 0.25) is 5.89 Å². The number of hydrogen-bond donors (Lipinski definition) is 1. The van der Waals surface area contributed by atoms with E-state index in [1.54, 1.807) is 13.1 Å². The van der Waals surface area contributed by atoms with Crippen molar-refractivity contribution in [1.82, 2.24) is 25.2 Å². The number of nitrogens with zero attached hydrogens (tertiary/aromatic N) is 4. The summed E-state index contributed by atoms with van der Waals surface area (Å²) >= 11 is 0. The molecule has 0 saturated heterocycles. The van der Waals surface area contributed by atoms with Crippen LogP contribution < -0.4 is 5.32 Å². The molecule has 80 valence electrons. The molecular formula is C9H13N5O. The van der Waals surface area contributed by atoms with E-state index >= 15 is 0 Å². The third-order valence-corrected chi connectivity index (χ3v) is 1.93. The Labute approximate surface area is 87.3 Å². The molecule has 0 fully saturated rings. The van der Waals surface area contributed by atoms with Gasteiger partial charge in [-0.25, -0.2) is 0 Å². The minimum atomic E-state index is 0.596. The molecule has 1 N–H and O–H groups in total. The quantitative estimate of drug-likeness (QED) is 0.717. The van der Waals surface area contributed by atoms with Gasteiger partial charge < -0.3 is 9.84 Å². The van der Waals surface area contributed by atoms with Gasteiger partial charge in [-0.2, -0.15) is 10.1 Å².